The second kappa shape index (κ2) is 8.66. The van der Waals surface area contributed by atoms with Gasteiger partial charge in [0.1, 0.15) is 11.5 Å². The Morgan fingerprint density at radius 3 is 2.58 bits per heavy atom. The molecule has 0 fully saturated rings. The minimum atomic E-state index is -0.150. The van der Waals surface area contributed by atoms with Crippen LogP contribution >= 0.6 is 0 Å². The van der Waals surface area contributed by atoms with Crippen molar-refractivity contribution in [2.75, 3.05) is 18.9 Å². The first-order valence-corrected chi connectivity index (χ1v) is 8.32. The van der Waals surface area contributed by atoms with E-state index in [2.05, 4.69) is 25.3 Å². The lowest BCUT2D eigenvalue weighted by Gasteiger charge is -2.16. The molecule has 132 valence electrons. The van der Waals surface area contributed by atoms with Crippen LogP contribution < -0.4 is 5.32 Å². The van der Waals surface area contributed by atoms with Crippen LogP contribution in [-0.2, 0) is 13.0 Å². The number of rotatable bonds is 7. The molecule has 7 nitrogen and oxygen atoms in total. The van der Waals surface area contributed by atoms with Crippen LogP contribution in [0.15, 0.2) is 61.3 Å². The molecule has 0 bridgehead atoms. The highest BCUT2D eigenvalue weighted by Crippen LogP contribution is 2.06. The Bertz CT molecular complexity index is 824. The number of amides is 1. The molecule has 0 radical (unpaired) electrons. The summed E-state index contributed by atoms with van der Waals surface area (Å²) in [5, 5.41) is 3.14. The summed E-state index contributed by atoms with van der Waals surface area (Å²) in [4.78, 5) is 30.8. The van der Waals surface area contributed by atoms with Crippen LogP contribution in [-0.4, -0.2) is 44.3 Å². The van der Waals surface area contributed by atoms with Crippen LogP contribution in [0.4, 0.5) is 5.82 Å². The minimum Gasteiger partial charge on any atom is -0.363 e. The SMILES string of the molecule is CN(CCc1ccncc1)C(=O)c1cnc(NCc2ccccn2)cn1. The van der Waals surface area contributed by atoms with E-state index in [1.165, 1.54) is 6.20 Å². The predicted molar refractivity (Wildman–Crippen MR) is 98.5 cm³/mol. The normalized spacial score (nSPS) is 10.3. The Morgan fingerprint density at radius 1 is 1.04 bits per heavy atom. The number of nitrogens with zero attached hydrogens (tertiary/aromatic N) is 5. The average molecular weight is 348 g/mol. The van der Waals surface area contributed by atoms with Gasteiger partial charge >= 0.3 is 0 Å². The van der Waals surface area contributed by atoms with Gasteiger partial charge in [-0.25, -0.2) is 9.97 Å². The lowest BCUT2D eigenvalue weighted by molar-refractivity contribution is 0.0790. The molecule has 3 heterocycles. The van der Waals surface area contributed by atoms with E-state index in [4.69, 9.17) is 0 Å². The van der Waals surface area contributed by atoms with Crippen LogP contribution in [0.2, 0.25) is 0 Å². The minimum absolute atomic E-state index is 0.150. The van der Waals surface area contributed by atoms with Gasteiger partial charge < -0.3 is 10.2 Å². The molecule has 26 heavy (non-hydrogen) atoms. The zero-order chi connectivity index (χ0) is 18.2. The van der Waals surface area contributed by atoms with Gasteiger partial charge in [-0.1, -0.05) is 6.07 Å². The van der Waals surface area contributed by atoms with Crippen molar-refractivity contribution in [3.63, 3.8) is 0 Å². The summed E-state index contributed by atoms with van der Waals surface area (Å²) in [6.45, 7) is 1.15. The van der Waals surface area contributed by atoms with Crippen LogP contribution in [0.1, 0.15) is 21.7 Å². The van der Waals surface area contributed by atoms with Gasteiger partial charge in [-0.2, -0.15) is 0 Å². The van der Waals surface area contributed by atoms with Crippen LogP contribution in [0.5, 0.6) is 0 Å². The third-order valence-corrected chi connectivity index (χ3v) is 3.88. The number of likely N-dealkylation sites (N-methyl/N-ethyl adjacent to an activating group) is 1. The highest BCUT2D eigenvalue weighted by Gasteiger charge is 2.13. The quantitative estimate of drug-likeness (QED) is 0.705. The van der Waals surface area contributed by atoms with Gasteiger partial charge in [0.2, 0.25) is 0 Å². The standard InChI is InChI=1S/C19H20N6O/c1-25(11-7-15-5-9-20-10-6-15)19(26)17-13-24-18(14-22-17)23-12-16-4-2-3-8-21-16/h2-6,8-10,13-14H,7,11-12H2,1H3,(H,23,24). The fraction of sp³-hybridized carbons (Fsp3) is 0.211. The van der Waals surface area contributed by atoms with Gasteiger partial charge in [0, 0.05) is 32.2 Å². The number of aromatic nitrogens is 4. The van der Waals surface area contributed by atoms with Crippen molar-refractivity contribution < 1.29 is 4.79 Å². The lowest BCUT2D eigenvalue weighted by atomic mass is 10.2. The molecule has 0 aliphatic rings. The van der Waals surface area contributed by atoms with Gasteiger partial charge in [-0.3, -0.25) is 14.8 Å². The summed E-state index contributed by atoms with van der Waals surface area (Å²) >= 11 is 0. The van der Waals surface area contributed by atoms with Crippen LogP contribution in [0.25, 0.3) is 0 Å². The Kier molecular flexibility index (Phi) is 5.82. The smallest absolute Gasteiger partial charge is 0.273 e. The molecule has 3 aromatic heterocycles. The van der Waals surface area contributed by atoms with Crippen LogP contribution in [0, 0.1) is 0 Å². The van der Waals surface area contributed by atoms with Gasteiger partial charge in [-0.05, 0) is 36.2 Å². The lowest BCUT2D eigenvalue weighted by Crippen LogP contribution is -2.29. The van der Waals surface area contributed by atoms with Gasteiger partial charge in [-0.15, -0.1) is 0 Å². The molecular weight excluding hydrogens is 328 g/mol. The van der Waals surface area contributed by atoms with E-state index in [-0.39, 0.29) is 5.91 Å². The van der Waals surface area contributed by atoms with E-state index < -0.39 is 0 Å². The fourth-order valence-corrected chi connectivity index (χ4v) is 2.36. The van der Waals surface area contributed by atoms with Gasteiger partial charge in [0.25, 0.3) is 5.91 Å². The van der Waals surface area contributed by atoms with Gasteiger partial charge in [0.15, 0.2) is 0 Å². The number of carbonyl (C=O) groups is 1. The largest absolute Gasteiger partial charge is 0.363 e. The maximum atomic E-state index is 12.4. The average Bonchev–Trinajstić information content (AvgIpc) is 2.72. The number of nitrogens with one attached hydrogen (secondary N) is 1. The Labute approximate surface area is 152 Å². The molecule has 0 aliphatic carbocycles. The van der Waals surface area contributed by atoms with Gasteiger partial charge in [0.05, 0.1) is 24.6 Å². The molecule has 1 N–H and O–H groups in total. The molecule has 0 aromatic carbocycles. The molecule has 0 saturated carbocycles. The van der Waals surface area contributed by atoms with Crippen molar-refractivity contribution in [2.24, 2.45) is 0 Å². The van der Waals surface area contributed by atoms with Crippen molar-refractivity contribution in [2.45, 2.75) is 13.0 Å². The second-order valence-corrected chi connectivity index (χ2v) is 5.79. The Morgan fingerprint density at radius 2 is 1.88 bits per heavy atom. The molecule has 0 atom stereocenters. The van der Waals surface area contributed by atoms with E-state index in [0.29, 0.717) is 24.6 Å². The van der Waals surface area contributed by atoms with Crippen molar-refractivity contribution in [3.05, 3.63) is 78.3 Å². The Balaban J connectivity index is 1.52. The summed E-state index contributed by atoms with van der Waals surface area (Å²) in [6, 6.07) is 9.62. The maximum absolute atomic E-state index is 12.4. The fourth-order valence-electron chi connectivity index (χ4n) is 2.36. The van der Waals surface area contributed by atoms with Crippen molar-refractivity contribution in [1.82, 2.24) is 24.8 Å². The summed E-state index contributed by atoms with van der Waals surface area (Å²) in [5.74, 6) is 0.453. The number of anilines is 1. The monoisotopic (exact) mass is 348 g/mol. The predicted octanol–water partition coefficient (Wildman–Crippen LogP) is 2.19. The molecular formula is C19H20N6O. The van der Waals surface area contributed by atoms with E-state index in [1.54, 1.807) is 36.7 Å². The highest BCUT2D eigenvalue weighted by molar-refractivity contribution is 5.91. The number of carbonyl (C=O) groups excluding carboxylic acids is 1. The summed E-state index contributed by atoms with van der Waals surface area (Å²) in [7, 11) is 1.76. The molecule has 1 amide bonds. The molecule has 0 unspecified atom stereocenters. The summed E-state index contributed by atoms with van der Waals surface area (Å²) in [5.41, 5.74) is 2.37. The molecule has 0 saturated heterocycles. The zero-order valence-corrected chi connectivity index (χ0v) is 14.5. The topological polar surface area (TPSA) is 83.9 Å². The van der Waals surface area contributed by atoms with Crippen molar-refractivity contribution in [3.8, 4) is 0 Å². The number of hydrogen-bond donors (Lipinski definition) is 1. The number of hydrogen-bond acceptors (Lipinski definition) is 6. The maximum Gasteiger partial charge on any atom is 0.273 e. The molecule has 7 heteroatoms. The first-order valence-electron chi connectivity index (χ1n) is 8.32. The van der Waals surface area contributed by atoms with Crippen molar-refractivity contribution in [1.29, 1.82) is 0 Å². The van der Waals surface area contributed by atoms with Crippen molar-refractivity contribution >= 4 is 11.7 Å². The van der Waals surface area contributed by atoms with E-state index in [9.17, 15) is 4.79 Å². The van der Waals surface area contributed by atoms with E-state index in [0.717, 1.165) is 17.7 Å². The molecule has 3 rings (SSSR count). The molecule has 0 aliphatic heterocycles. The first kappa shape index (κ1) is 17.5. The third kappa shape index (κ3) is 4.83. The summed E-state index contributed by atoms with van der Waals surface area (Å²) in [6.07, 6.45) is 9.06. The Hall–Kier alpha value is -3.35. The van der Waals surface area contributed by atoms with E-state index >= 15 is 0 Å². The first-order chi connectivity index (χ1) is 12.7. The highest BCUT2D eigenvalue weighted by atomic mass is 16.2. The number of pyridine rings is 2. The summed E-state index contributed by atoms with van der Waals surface area (Å²) < 4.78 is 0. The third-order valence-electron chi connectivity index (χ3n) is 3.88. The van der Waals surface area contributed by atoms with E-state index in [1.807, 2.05) is 30.3 Å². The molecule has 0 spiro atoms. The molecule has 3 aromatic rings. The second-order valence-electron chi connectivity index (χ2n) is 5.79. The zero-order valence-electron chi connectivity index (χ0n) is 14.5. The van der Waals surface area contributed by atoms with Crippen LogP contribution in [0.3, 0.4) is 0 Å².